The molecule has 1 aromatic rings. The number of aromatic hydroxyl groups is 1. The average molecular weight is 224 g/mol. The van der Waals surface area contributed by atoms with Gasteiger partial charge in [-0.25, -0.2) is 0 Å². The summed E-state index contributed by atoms with van der Waals surface area (Å²) >= 11 is 0. The SMILES string of the molecule is O=C(O)CC(=O)CC(O)c1ccc(O)cc1. The number of rotatable bonds is 5. The summed E-state index contributed by atoms with van der Waals surface area (Å²) in [6.07, 6.45) is -1.86. The minimum absolute atomic E-state index is 0.0628. The Morgan fingerprint density at radius 1 is 1.19 bits per heavy atom. The molecule has 5 nitrogen and oxygen atoms in total. The number of aliphatic carboxylic acids is 1. The molecule has 0 saturated heterocycles. The first-order chi connectivity index (χ1) is 7.49. The number of Topliss-reactive ketones (excluding diaryl/α,β-unsaturated/α-hetero) is 1. The van der Waals surface area contributed by atoms with Gasteiger partial charge < -0.3 is 15.3 Å². The highest BCUT2D eigenvalue weighted by molar-refractivity contribution is 5.94. The molecule has 3 N–H and O–H groups in total. The van der Waals surface area contributed by atoms with E-state index in [2.05, 4.69) is 0 Å². The van der Waals surface area contributed by atoms with Gasteiger partial charge in [-0.2, -0.15) is 0 Å². The Hall–Kier alpha value is -1.88. The van der Waals surface area contributed by atoms with Crippen LogP contribution in [0.1, 0.15) is 24.5 Å². The van der Waals surface area contributed by atoms with E-state index in [4.69, 9.17) is 10.2 Å². The zero-order chi connectivity index (χ0) is 12.1. The van der Waals surface area contributed by atoms with Gasteiger partial charge in [-0.3, -0.25) is 9.59 Å². The van der Waals surface area contributed by atoms with Crippen molar-refractivity contribution in [2.24, 2.45) is 0 Å². The summed E-state index contributed by atoms with van der Waals surface area (Å²) in [6.45, 7) is 0. The van der Waals surface area contributed by atoms with E-state index in [1.807, 2.05) is 0 Å². The van der Waals surface area contributed by atoms with Crippen molar-refractivity contribution in [3.63, 3.8) is 0 Å². The molecule has 16 heavy (non-hydrogen) atoms. The maximum Gasteiger partial charge on any atom is 0.310 e. The smallest absolute Gasteiger partial charge is 0.310 e. The van der Waals surface area contributed by atoms with E-state index in [1.54, 1.807) is 0 Å². The molecule has 0 radical (unpaired) electrons. The van der Waals surface area contributed by atoms with Gasteiger partial charge in [-0.15, -0.1) is 0 Å². The molecule has 1 rings (SSSR count). The predicted molar refractivity (Wildman–Crippen MR) is 54.9 cm³/mol. The second kappa shape index (κ2) is 5.27. The number of aliphatic hydroxyl groups excluding tert-OH is 1. The van der Waals surface area contributed by atoms with Crippen LogP contribution in [-0.4, -0.2) is 27.1 Å². The molecule has 0 aliphatic rings. The third-order valence-electron chi connectivity index (χ3n) is 2.05. The number of carboxylic acids is 1. The van der Waals surface area contributed by atoms with Crippen LogP contribution in [0.25, 0.3) is 0 Å². The Bertz CT molecular complexity index is 382. The standard InChI is InChI=1S/C11H12O5/c12-8-3-1-7(2-4-8)10(14)5-9(13)6-11(15)16/h1-4,10,12,14H,5-6H2,(H,15,16). The van der Waals surface area contributed by atoms with Gasteiger partial charge in [0.25, 0.3) is 0 Å². The first-order valence-electron chi connectivity index (χ1n) is 4.69. The second-order valence-electron chi connectivity index (χ2n) is 3.42. The number of carbonyl (C=O) groups is 2. The van der Waals surface area contributed by atoms with E-state index in [-0.39, 0.29) is 12.2 Å². The van der Waals surface area contributed by atoms with Crippen LogP contribution in [0.15, 0.2) is 24.3 Å². The number of benzene rings is 1. The zero-order valence-electron chi connectivity index (χ0n) is 8.46. The van der Waals surface area contributed by atoms with E-state index in [1.165, 1.54) is 24.3 Å². The fourth-order valence-corrected chi connectivity index (χ4v) is 1.27. The van der Waals surface area contributed by atoms with Gasteiger partial charge >= 0.3 is 5.97 Å². The molecule has 1 atom stereocenters. The largest absolute Gasteiger partial charge is 0.508 e. The van der Waals surface area contributed by atoms with Crippen molar-refractivity contribution in [2.75, 3.05) is 0 Å². The number of carbonyl (C=O) groups excluding carboxylic acids is 1. The molecule has 86 valence electrons. The van der Waals surface area contributed by atoms with Crippen LogP contribution >= 0.6 is 0 Å². The van der Waals surface area contributed by atoms with Crippen molar-refractivity contribution in [1.29, 1.82) is 0 Å². The van der Waals surface area contributed by atoms with Crippen molar-refractivity contribution < 1.29 is 24.9 Å². The molecule has 0 aliphatic heterocycles. The first kappa shape index (κ1) is 12.2. The molecule has 0 aliphatic carbocycles. The predicted octanol–water partition coefficient (Wildman–Crippen LogP) is 0.859. The lowest BCUT2D eigenvalue weighted by molar-refractivity contribution is -0.140. The van der Waals surface area contributed by atoms with Crippen molar-refractivity contribution in [1.82, 2.24) is 0 Å². The number of hydrogen-bond donors (Lipinski definition) is 3. The Morgan fingerprint density at radius 2 is 1.75 bits per heavy atom. The highest BCUT2D eigenvalue weighted by atomic mass is 16.4. The van der Waals surface area contributed by atoms with Crippen molar-refractivity contribution >= 4 is 11.8 Å². The second-order valence-corrected chi connectivity index (χ2v) is 3.42. The molecule has 0 aromatic heterocycles. The van der Waals surface area contributed by atoms with Crippen molar-refractivity contribution in [2.45, 2.75) is 18.9 Å². The van der Waals surface area contributed by atoms with E-state index in [0.717, 1.165) is 0 Å². The summed E-state index contributed by atoms with van der Waals surface area (Å²) in [5.74, 6) is -1.68. The Morgan fingerprint density at radius 3 is 2.25 bits per heavy atom. The van der Waals surface area contributed by atoms with Crippen LogP contribution in [0.5, 0.6) is 5.75 Å². The van der Waals surface area contributed by atoms with Gasteiger partial charge in [0.15, 0.2) is 0 Å². The van der Waals surface area contributed by atoms with Crippen LogP contribution in [0.2, 0.25) is 0 Å². The van der Waals surface area contributed by atoms with Crippen molar-refractivity contribution in [3.8, 4) is 5.75 Å². The molecule has 0 heterocycles. The highest BCUT2D eigenvalue weighted by Gasteiger charge is 2.15. The van der Waals surface area contributed by atoms with Gasteiger partial charge in [0.2, 0.25) is 0 Å². The summed E-state index contributed by atoms with van der Waals surface area (Å²) in [5.41, 5.74) is 0.469. The number of carboxylic acid groups (broad SMARTS) is 1. The maximum absolute atomic E-state index is 11.1. The molecule has 0 saturated carbocycles. The molecule has 5 heteroatoms. The van der Waals surface area contributed by atoms with Gasteiger partial charge in [0.1, 0.15) is 18.0 Å². The normalized spacial score (nSPS) is 12.1. The first-order valence-corrected chi connectivity index (χ1v) is 4.69. The molecule has 0 spiro atoms. The molecule has 1 aromatic carbocycles. The van der Waals surface area contributed by atoms with Gasteiger partial charge in [0, 0.05) is 6.42 Å². The summed E-state index contributed by atoms with van der Waals surface area (Å²) in [4.78, 5) is 21.4. The minimum atomic E-state index is -1.21. The fraction of sp³-hybridized carbons (Fsp3) is 0.273. The Balaban J connectivity index is 2.58. The van der Waals surface area contributed by atoms with E-state index in [9.17, 15) is 14.7 Å². The average Bonchev–Trinajstić information content (AvgIpc) is 2.16. The number of ketones is 1. The van der Waals surface area contributed by atoms with Crippen LogP contribution in [0, 0.1) is 0 Å². The third-order valence-corrected chi connectivity index (χ3v) is 2.05. The number of phenols is 1. The van der Waals surface area contributed by atoms with Crippen LogP contribution in [0.3, 0.4) is 0 Å². The lowest BCUT2D eigenvalue weighted by Crippen LogP contribution is -2.11. The topological polar surface area (TPSA) is 94.8 Å². The lowest BCUT2D eigenvalue weighted by atomic mass is 10.0. The number of hydrogen-bond acceptors (Lipinski definition) is 4. The molecule has 0 fully saturated rings. The Labute approximate surface area is 92.0 Å². The molecule has 0 amide bonds. The Kier molecular flexibility index (Phi) is 4.02. The van der Waals surface area contributed by atoms with Crippen LogP contribution in [-0.2, 0) is 9.59 Å². The molecule has 1 unspecified atom stereocenters. The molecular formula is C11H12O5. The van der Waals surface area contributed by atoms with Crippen molar-refractivity contribution in [3.05, 3.63) is 29.8 Å². The summed E-state index contributed by atoms with van der Waals surface area (Å²) < 4.78 is 0. The molecule has 0 bridgehead atoms. The summed E-state index contributed by atoms with van der Waals surface area (Å²) in [6, 6.07) is 5.74. The van der Waals surface area contributed by atoms with Gasteiger partial charge in [0.05, 0.1) is 6.10 Å². The van der Waals surface area contributed by atoms with E-state index >= 15 is 0 Å². The third kappa shape index (κ3) is 3.70. The van der Waals surface area contributed by atoms with E-state index < -0.39 is 24.3 Å². The minimum Gasteiger partial charge on any atom is -0.508 e. The lowest BCUT2D eigenvalue weighted by Gasteiger charge is -2.09. The number of phenolic OH excluding ortho intramolecular Hbond substituents is 1. The summed E-state index contributed by atoms with van der Waals surface area (Å²) in [5, 5.41) is 27.0. The maximum atomic E-state index is 11.1. The fourth-order valence-electron chi connectivity index (χ4n) is 1.27. The van der Waals surface area contributed by atoms with Crippen LogP contribution in [0.4, 0.5) is 0 Å². The number of aliphatic hydroxyl groups is 1. The van der Waals surface area contributed by atoms with Gasteiger partial charge in [-0.05, 0) is 17.7 Å². The van der Waals surface area contributed by atoms with Crippen LogP contribution < -0.4 is 0 Å². The zero-order valence-corrected chi connectivity index (χ0v) is 8.46. The molecular weight excluding hydrogens is 212 g/mol. The monoisotopic (exact) mass is 224 g/mol. The quantitative estimate of drug-likeness (QED) is 0.645. The summed E-state index contributed by atoms with van der Waals surface area (Å²) in [7, 11) is 0. The van der Waals surface area contributed by atoms with E-state index in [0.29, 0.717) is 5.56 Å². The highest BCUT2D eigenvalue weighted by Crippen LogP contribution is 2.20. The van der Waals surface area contributed by atoms with Gasteiger partial charge in [-0.1, -0.05) is 12.1 Å².